The van der Waals surface area contributed by atoms with Gasteiger partial charge in [0.05, 0.1) is 0 Å². The first-order valence-electron chi connectivity index (χ1n) is 8.08. The van der Waals surface area contributed by atoms with E-state index in [0.29, 0.717) is 5.92 Å². The highest BCUT2D eigenvalue weighted by Gasteiger charge is 2.14. The highest BCUT2D eigenvalue weighted by molar-refractivity contribution is 5.80. The van der Waals surface area contributed by atoms with Crippen LogP contribution in [0.25, 0.3) is 11.0 Å². The smallest absolute Gasteiger partial charge is 0.140 e. The van der Waals surface area contributed by atoms with Crippen LogP contribution in [0.2, 0.25) is 0 Å². The molecule has 2 aromatic rings. The van der Waals surface area contributed by atoms with Crippen LogP contribution in [-0.2, 0) is 13.1 Å². The molecule has 0 saturated heterocycles. The second-order valence-electron chi connectivity index (χ2n) is 7.18. The van der Waals surface area contributed by atoms with E-state index in [9.17, 15) is 0 Å². The molecule has 0 bridgehead atoms. The topological polar surface area (TPSA) is 29.9 Å². The van der Waals surface area contributed by atoms with Crippen LogP contribution >= 0.6 is 0 Å². The molecular weight excluding hydrogens is 258 g/mol. The second-order valence-corrected chi connectivity index (χ2v) is 7.18. The van der Waals surface area contributed by atoms with Gasteiger partial charge in [-0.15, -0.1) is 0 Å². The Hall–Kier alpha value is -1.35. The Bertz CT molecular complexity index is 578. The summed E-state index contributed by atoms with van der Waals surface area (Å²) in [6.07, 6.45) is 6.68. The monoisotopic (exact) mass is 287 g/mol. The largest absolute Gasteiger partial charge is 0.332 e. The Morgan fingerprint density at radius 2 is 2.10 bits per heavy atom. The number of fused-ring (bicyclic) bond motifs is 1. The second kappa shape index (κ2) is 6.61. The van der Waals surface area contributed by atoms with Crippen LogP contribution in [0, 0.1) is 5.92 Å². The highest BCUT2D eigenvalue weighted by Crippen LogP contribution is 2.22. The SMILES string of the molecule is CCCC(C)Cn1cc(CNC(C)(C)C)c2cccnc21. The quantitative estimate of drug-likeness (QED) is 0.855. The van der Waals surface area contributed by atoms with Crippen molar-refractivity contribution in [3.63, 3.8) is 0 Å². The summed E-state index contributed by atoms with van der Waals surface area (Å²) in [6, 6.07) is 4.21. The van der Waals surface area contributed by atoms with Gasteiger partial charge in [0, 0.05) is 36.4 Å². The van der Waals surface area contributed by atoms with Crippen molar-refractivity contribution in [1.82, 2.24) is 14.9 Å². The van der Waals surface area contributed by atoms with Gasteiger partial charge in [-0.25, -0.2) is 4.98 Å². The predicted octanol–water partition coefficient (Wildman–Crippen LogP) is 4.36. The molecule has 1 N–H and O–H groups in total. The molecule has 0 amide bonds. The lowest BCUT2D eigenvalue weighted by Crippen LogP contribution is -2.35. The van der Waals surface area contributed by atoms with E-state index in [1.165, 1.54) is 23.8 Å². The zero-order chi connectivity index (χ0) is 15.5. The van der Waals surface area contributed by atoms with Crippen LogP contribution in [0.4, 0.5) is 0 Å². The minimum Gasteiger partial charge on any atom is -0.332 e. The van der Waals surface area contributed by atoms with Crippen molar-refractivity contribution in [3.8, 4) is 0 Å². The van der Waals surface area contributed by atoms with Gasteiger partial charge in [0.1, 0.15) is 5.65 Å². The van der Waals surface area contributed by atoms with Crippen molar-refractivity contribution >= 4 is 11.0 Å². The summed E-state index contributed by atoms with van der Waals surface area (Å²) < 4.78 is 2.33. The molecule has 2 aromatic heterocycles. The van der Waals surface area contributed by atoms with Gasteiger partial charge in [0.2, 0.25) is 0 Å². The number of hydrogen-bond donors (Lipinski definition) is 1. The van der Waals surface area contributed by atoms with Gasteiger partial charge in [-0.1, -0.05) is 20.3 Å². The van der Waals surface area contributed by atoms with Crippen molar-refractivity contribution in [2.45, 2.75) is 66.1 Å². The third-order valence-corrected chi connectivity index (χ3v) is 3.82. The molecule has 2 heterocycles. The van der Waals surface area contributed by atoms with Crippen molar-refractivity contribution in [2.75, 3.05) is 0 Å². The minimum absolute atomic E-state index is 0.131. The maximum absolute atomic E-state index is 4.59. The van der Waals surface area contributed by atoms with Gasteiger partial charge < -0.3 is 9.88 Å². The van der Waals surface area contributed by atoms with Gasteiger partial charge in [0.25, 0.3) is 0 Å². The Morgan fingerprint density at radius 3 is 2.76 bits per heavy atom. The fraction of sp³-hybridized carbons (Fsp3) is 0.611. The molecule has 0 aliphatic heterocycles. The number of nitrogens with zero attached hydrogens (tertiary/aromatic N) is 2. The predicted molar refractivity (Wildman–Crippen MR) is 90.4 cm³/mol. The minimum atomic E-state index is 0.131. The Kier molecular flexibility index (Phi) is 5.04. The van der Waals surface area contributed by atoms with Crippen molar-refractivity contribution in [2.24, 2.45) is 5.92 Å². The maximum atomic E-state index is 4.59. The Labute approximate surface area is 128 Å². The molecule has 0 aliphatic carbocycles. The van der Waals surface area contributed by atoms with Gasteiger partial charge in [0.15, 0.2) is 0 Å². The molecule has 0 aromatic carbocycles. The molecule has 3 nitrogen and oxygen atoms in total. The van der Waals surface area contributed by atoms with Crippen molar-refractivity contribution in [1.29, 1.82) is 0 Å². The first-order chi connectivity index (χ1) is 9.90. The first-order valence-corrected chi connectivity index (χ1v) is 8.08. The average Bonchev–Trinajstić information content (AvgIpc) is 2.75. The third kappa shape index (κ3) is 4.31. The van der Waals surface area contributed by atoms with Crippen LogP contribution < -0.4 is 5.32 Å². The molecular formula is C18H29N3. The van der Waals surface area contributed by atoms with E-state index in [2.05, 4.69) is 61.7 Å². The van der Waals surface area contributed by atoms with E-state index in [-0.39, 0.29) is 5.54 Å². The molecule has 3 heteroatoms. The van der Waals surface area contributed by atoms with Crippen LogP contribution in [0.5, 0.6) is 0 Å². The van der Waals surface area contributed by atoms with Crippen LogP contribution in [-0.4, -0.2) is 15.1 Å². The molecule has 2 rings (SSSR count). The molecule has 116 valence electrons. The van der Waals surface area contributed by atoms with Gasteiger partial charge in [-0.3, -0.25) is 0 Å². The number of nitrogens with one attached hydrogen (secondary N) is 1. The van der Waals surface area contributed by atoms with Gasteiger partial charge in [-0.2, -0.15) is 0 Å². The van der Waals surface area contributed by atoms with E-state index >= 15 is 0 Å². The van der Waals surface area contributed by atoms with E-state index in [0.717, 1.165) is 18.7 Å². The Balaban J connectivity index is 2.26. The summed E-state index contributed by atoms with van der Waals surface area (Å²) in [5, 5.41) is 4.86. The van der Waals surface area contributed by atoms with E-state index < -0.39 is 0 Å². The van der Waals surface area contributed by atoms with Crippen molar-refractivity contribution in [3.05, 3.63) is 30.1 Å². The number of rotatable bonds is 6. The van der Waals surface area contributed by atoms with Crippen LogP contribution in [0.15, 0.2) is 24.5 Å². The molecule has 1 unspecified atom stereocenters. The molecule has 0 spiro atoms. The normalized spacial score (nSPS) is 13.8. The Morgan fingerprint density at radius 1 is 1.33 bits per heavy atom. The maximum Gasteiger partial charge on any atom is 0.140 e. The van der Waals surface area contributed by atoms with Gasteiger partial charge >= 0.3 is 0 Å². The lowest BCUT2D eigenvalue weighted by molar-refractivity contribution is 0.423. The third-order valence-electron chi connectivity index (χ3n) is 3.82. The van der Waals surface area contributed by atoms with E-state index in [4.69, 9.17) is 0 Å². The summed E-state index contributed by atoms with van der Waals surface area (Å²) in [5.41, 5.74) is 2.59. The van der Waals surface area contributed by atoms with E-state index in [1.807, 2.05) is 12.3 Å². The number of hydrogen-bond acceptors (Lipinski definition) is 2. The molecule has 0 fully saturated rings. The number of pyridine rings is 1. The summed E-state index contributed by atoms with van der Waals surface area (Å²) in [6.45, 7) is 13.1. The first kappa shape index (κ1) is 16.0. The summed E-state index contributed by atoms with van der Waals surface area (Å²) in [4.78, 5) is 4.59. The lowest BCUT2D eigenvalue weighted by atomic mass is 10.1. The van der Waals surface area contributed by atoms with Gasteiger partial charge in [-0.05, 0) is 50.8 Å². The molecule has 21 heavy (non-hydrogen) atoms. The lowest BCUT2D eigenvalue weighted by Gasteiger charge is -2.20. The van der Waals surface area contributed by atoms with E-state index in [1.54, 1.807) is 0 Å². The summed E-state index contributed by atoms with van der Waals surface area (Å²) in [5.74, 6) is 0.691. The molecule has 0 saturated carbocycles. The molecule has 1 atom stereocenters. The molecule has 0 aliphatic rings. The fourth-order valence-corrected chi connectivity index (χ4v) is 2.76. The average molecular weight is 287 g/mol. The van der Waals surface area contributed by atoms with Crippen LogP contribution in [0.1, 0.15) is 53.0 Å². The summed E-state index contributed by atoms with van der Waals surface area (Å²) >= 11 is 0. The fourth-order valence-electron chi connectivity index (χ4n) is 2.76. The van der Waals surface area contributed by atoms with Crippen LogP contribution in [0.3, 0.4) is 0 Å². The zero-order valence-corrected chi connectivity index (χ0v) is 14.1. The highest BCUT2D eigenvalue weighted by atomic mass is 15.0. The molecule has 0 radical (unpaired) electrons. The number of aromatic nitrogens is 2. The van der Waals surface area contributed by atoms with Crippen molar-refractivity contribution < 1.29 is 0 Å². The zero-order valence-electron chi connectivity index (χ0n) is 14.1. The summed E-state index contributed by atoms with van der Waals surface area (Å²) in [7, 11) is 0. The standard InChI is InChI=1S/C18H29N3/c1-6-8-14(2)12-21-13-15(11-20-18(3,4)5)16-9-7-10-19-17(16)21/h7,9-10,13-14,20H,6,8,11-12H2,1-5H3.